The Morgan fingerprint density at radius 1 is 1.22 bits per heavy atom. The molecule has 2 rings (SSSR count). The zero-order valence-electron chi connectivity index (χ0n) is 10.9. The van der Waals surface area contributed by atoms with Crippen molar-refractivity contribution in [1.82, 2.24) is 10.2 Å². The Bertz CT molecular complexity index is 337. The van der Waals surface area contributed by atoms with Crippen LogP contribution in [0, 0.1) is 0 Å². The van der Waals surface area contributed by atoms with Gasteiger partial charge in [0.25, 0.3) is 0 Å². The summed E-state index contributed by atoms with van der Waals surface area (Å²) in [6.07, 6.45) is 6.61. The molecule has 1 unspecified atom stereocenters. The van der Waals surface area contributed by atoms with Crippen LogP contribution in [0.2, 0.25) is 0 Å². The number of carbonyl (C=O) groups is 2. The lowest BCUT2D eigenvalue weighted by Gasteiger charge is -2.36. The lowest BCUT2D eigenvalue weighted by Crippen LogP contribution is -2.56. The largest absolute Gasteiger partial charge is 0.480 e. The fourth-order valence-electron chi connectivity index (χ4n) is 3.04. The van der Waals surface area contributed by atoms with Crippen molar-refractivity contribution in [2.24, 2.45) is 0 Å². The van der Waals surface area contributed by atoms with E-state index in [9.17, 15) is 9.59 Å². The minimum absolute atomic E-state index is 0.141. The number of nitrogens with zero attached hydrogens (tertiary/aromatic N) is 1. The number of rotatable bonds is 2. The molecule has 18 heavy (non-hydrogen) atoms. The first kappa shape index (κ1) is 13.2. The molecule has 0 bridgehead atoms. The van der Waals surface area contributed by atoms with E-state index in [0.717, 1.165) is 38.5 Å². The number of amides is 2. The van der Waals surface area contributed by atoms with E-state index in [1.807, 2.05) is 0 Å². The summed E-state index contributed by atoms with van der Waals surface area (Å²) in [5.41, 5.74) is -0.141. The molecule has 1 aliphatic heterocycles. The van der Waals surface area contributed by atoms with Crippen molar-refractivity contribution in [3.63, 3.8) is 0 Å². The molecule has 5 nitrogen and oxygen atoms in total. The molecule has 1 heterocycles. The Kier molecular flexibility index (Phi) is 3.78. The number of carboxylic acids is 1. The minimum atomic E-state index is -0.888. The van der Waals surface area contributed by atoms with Crippen LogP contribution in [0.15, 0.2) is 0 Å². The first-order valence-corrected chi connectivity index (χ1v) is 6.83. The lowest BCUT2D eigenvalue weighted by molar-refractivity contribution is -0.143. The number of carbonyl (C=O) groups excluding carboxylic acids is 1. The van der Waals surface area contributed by atoms with E-state index in [-0.39, 0.29) is 11.6 Å². The van der Waals surface area contributed by atoms with Crippen molar-refractivity contribution in [3.8, 4) is 0 Å². The molecule has 0 aromatic rings. The second-order valence-corrected chi connectivity index (χ2v) is 5.74. The number of hydrogen-bond acceptors (Lipinski definition) is 2. The molecule has 1 atom stereocenters. The number of likely N-dealkylation sites (tertiary alicyclic amines) is 1. The van der Waals surface area contributed by atoms with Crippen molar-refractivity contribution >= 4 is 12.0 Å². The van der Waals surface area contributed by atoms with Gasteiger partial charge in [-0.15, -0.1) is 0 Å². The SMILES string of the molecule is CC1(NC(=O)N2CCCCC2C(=O)O)CCCC1. The standard InChI is InChI=1S/C13H22N2O3/c1-13(7-3-4-8-13)14-12(18)15-9-5-2-6-10(15)11(16)17/h10H,2-9H2,1H3,(H,14,18)(H,16,17). The molecule has 0 aromatic heterocycles. The van der Waals surface area contributed by atoms with Gasteiger partial charge in [0.05, 0.1) is 0 Å². The van der Waals surface area contributed by atoms with Crippen molar-refractivity contribution < 1.29 is 14.7 Å². The summed E-state index contributed by atoms with van der Waals surface area (Å²) in [5.74, 6) is -0.888. The summed E-state index contributed by atoms with van der Waals surface area (Å²) < 4.78 is 0. The first-order valence-electron chi connectivity index (χ1n) is 6.83. The van der Waals surface area contributed by atoms with Gasteiger partial charge in [0.1, 0.15) is 6.04 Å². The van der Waals surface area contributed by atoms with Crippen LogP contribution in [0.5, 0.6) is 0 Å². The number of nitrogens with one attached hydrogen (secondary N) is 1. The summed E-state index contributed by atoms with van der Waals surface area (Å²) in [6, 6.07) is -0.852. The van der Waals surface area contributed by atoms with E-state index in [1.165, 1.54) is 4.90 Å². The van der Waals surface area contributed by atoms with E-state index >= 15 is 0 Å². The lowest BCUT2D eigenvalue weighted by atomic mass is 10.00. The quantitative estimate of drug-likeness (QED) is 0.791. The molecule has 2 aliphatic rings. The molecule has 5 heteroatoms. The fourth-order valence-corrected chi connectivity index (χ4v) is 3.04. The van der Waals surface area contributed by atoms with E-state index in [0.29, 0.717) is 13.0 Å². The van der Waals surface area contributed by atoms with Gasteiger partial charge in [-0.2, -0.15) is 0 Å². The zero-order chi connectivity index (χ0) is 13.2. The summed E-state index contributed by atoms with van der Waals surface area (Å²) in [4.78, 5) is 24.9. The third-order valence-electron chi connectivity index (χ3n) is 4.16. The summed E-state index contributed by atoms with van der Waals surface area (Å²) in [7, 11) is 0. The van der Waals surface area contributed by atoms with E-state index in [1.54, 1.807) is 0 Å². The molecule has 1 saturated carbocycles. The highest BCUT2D eigenvalue weighted by Crippen LogP contribution is 2.29. The molecule has 2 fully saturated rings. The number of urea groups is 1. The van der Waals surface area contributed by atoms with Crippen LogP contribution < -0.4 is 5.32 Å². The zero-order valence-corrected chi connectivity index (χ0v) is 10.9. The van der Waals surface area contributed by atoms with Crippen LogP contribution in [-0.2, 0) is 4.79 Å². The highest BCUT2D eigenvalue weighted by molar-refractivity contribution is 5.83. The molecule has 1 aliphatic carbocycles. The molecular weight excluding hydrogens is 232 g/mol. The Morgan fingerprint density at radius 3 is 2.50 bits per heavy atom. The molecule has 0 radical (unpaired) electrons. The average molecular weight is 254 g/mol. The third-order valence-corrected chi connectivity index (χ3v) is 4.16. The average Bonchev–Trinajstić information content (AvgIpc) is 2.75. The highest BCUT2D eigenvalue weighted by atomic mass is 16.4. The summed E-state index contributed by atoms with van der Waals surface area (Å²) in [6.45, 7) is 2.61. The first-order chi connectivity index (χ1) is 8.52. The van der Waals surface area contributed by atoms with Crippen LogP contribution in [0.25, 0.3) is 0 Å². The normalized spacial score (nSPS) is 26.9. The molecule has 2 amide bonds. The van der Waals surface area contributed by atoms with Crippen molar-refractivity contribution in [3.05, 3.63) is 0 Å². The smallest absolute Gasteiger partial charge is 0.326 e. The fraction of sp³-hybridized carbons (Fsp3) is 0.846. The van der Waals surface area contributed by atoms with Crippen molar-refractivity contribution in [2.75, 3.05) is 6.54 Å². The van der Waals surface area contributed by atoms with Crippen molar-refractivity contribution in [1.29, 1.82) is 0 Å². The second-order valence-electron chi connectivity index (χ2n) is 5.74. The van der Waals surface area contributed by atoms with E-state index in [2.05, 4.69) is 12.2 Å². The predicted octanol–water partition coefficient (Wildman–Crippen LogP) is 1.97. The van der Waals surface area contributed by atoms with E-state index < -0.39 is 12.0 Å². The topological polar surface area (TPSA) is 69.6 Å². The van der Waals surface area contributed by atoms with Gasteiger partial charge in [-0.25, -0.2) is 9.59 Å². The maximum atomic E-state index is 12.2. The number of carboxylic acid groups (broad SMARTS) is 1. The van der Waals surface area contributed by atoms with Gasteiger partial charge >= 0.3 is 12.0 Å². The molecule has 102 valence electrons. The summed E-state index contributed by atoms with van der Waals surface area (Å²) in [5, 5.41) is 12.2. The van der Waals surface area contributed by atoms with Gasteiger partial charge in [-0.3, -0.25) is 0 Å². The van der Waals surface area contributed by atoms with Crippen LogP contribution in [0.3, 0.4) is 0 Å². The van der Waals surface area contributed by atoms with Gasteiger partial charge in [-0.1, -0.05) is 12.8 Å². The van der Waals surface area contributed by atoms with E-state index in [4.69, 9.17) is 5.11 Å². The molecule has 2 N–H and O–H groups in total. The highest BCUT2D eigenvalue weighted by Gasteiger charge is 2.36. The van der Waals surface area contributed by atoms with Gasteiger partial charge in [0, 0.05) is 12.1 Å². The Hall–Kier alpha value is -1.26. The number of piperidine rings is 1. The number of hydrogen-bond donors (Lipinski definition) is 2. The Labute approximate surface area is 108 Å². The monoisotopic (exact) mass is 254 g/mol. The maximum absolute atomic E-state index is 12.2. The van der Waals surface area contributed by atoms with Gasteiger partial charge in [0.15, 0.2) is 0 Å². The molecule has 0 spiro atoms. The Morgan fingerprint density at radius 2 is 1.89 bits per heavy atom. The third kappa shape index (κ3) is 2.76. The van der Waals surface area contributed by atoms with Crippen LogP contribution in [-0.4, -0.2) is 40.1 Å². The minimum Gasteiger partial charge on any atom is -0.480 e. The van der Waals surface area contributed by atoms with Gasteiger partial charge < -0.3 is 15.3 Å². The second kappa shape index (κ2) is 5.16. The predicted molar refractivity (Wildman–Crippen MR) is 67.4 cm³/mol. The number of aliphatic carboxylic acids is 1. The molecule has 0 aromatic carbocycles. The van der Waals surface area contributed by atoms with Crippen molar-refractivity contribution in [2.45, 2.75) is 63.5 Å². The molecule has 1 saturated heterocycles. The van der Waals surface area contributed by atoms with Crippen LogP contribution >= 0.6 is 0 Å². The summed E-state index contributed by atoms with van der Waals surface area (Å²) >= 11 is 0. The Balaban J connectivity index is 2.00. The van der Waals surface area contributed by atoms with Gasteiger partial charge in [0.2, 0.25) is 0 Å². The van der Waals surface area contributed by atoms with Gasteiger partial charge in [-0.05, 0) is 39.0 Å². The van der Waals surface area contributed by atoms with Crippen LogP contribution in [0.4, 0.5) is 4.79 Å². The maximum Gasteiger partial charge on any atom is 0.326 e. The molecular formula is C13H22N2O3. The van der Waals surface area contributed by atoms with Crippen LogP contribution in [0.1, 0.15) is 51.9 Å².